The molecule has 2 saturated heterocycles. The highest BCUT2D eigenvalue weighted by molar-refractivity contribution is 6.01. The van der Waals surface area contributed by atoms with Gasteiger partial charge in [-0.25, -0.2) is 0 Å². The average molecular weight is 466 g/mol. The van der Waals surface area contributed by atoms with Gasteiger partial charge in [-0.15, -0.1) is 0 Å². The van der Waals surface area contributed by atoms with E-state index in [1.165, 1.54) is 12.1 Å². The molecule has 7 nitrogen and oxygen atoms in total. The number of anilines is 1. The fourth-order valence-corrected chi connectivity index (χ4v) is 5.32. The second-order valence-electron chi connectivity index (χ2n) is 10.1. The molecule has 176 valence electrons. The Kier molecular flexibility index (Phi) is 4.67. The minimum atomic E-state index is -0.0816. The number of carbonyl (C=O) groups is 1. The highest BCUT2D eigenvalue weighted by Gasteiger charge is 2.49. The standard InChI is InChI=1S/C28H27N5O2/c34-27(30-26(19-4-5-19)24-3-1-2-13-29-24)20-8-11-23-22(15-20)25(32-31-23)18-6-9-21(10-7-18)33-16-28(17-33)12-14-35-28/h1-3,6-11,13,15,19,26H,4-5,12,14,16-17H2,(H,30,34)(H,31,32)/t26-/m0/s1. The van der Waals surface area contributed by atoms with Crippen molar-refractivity contribution in [1.29, 1.82) is 0 Å². The van der Waals surface area contributed by atoms with Crippen LogP contribution in [0.5, 0.6) is 0 Å². The van der Waals surface area contributed by atoms with E-state index in [2.05, 4.69) is 49.7 Å². The molecule has 0 bridgehead atoms. The zero-order valence-corrected chi connectivity index (χ0v) is 19.4. The van der Waals surface area contributed by atoms with Gasteiger partial charge in [0, 0.05) is 47.9 Å². The highest BCUT2D eigenvalue weighted by atomic mass is 16.5. The van der Waals surface area contributed by atoms with Gasteiger partial charge in [0.2, 0.25) is 0 Å². The van der Waals surface area contributed by atoms with E-state index in [1.54, 1.807) is 6.20 Å². The molecular weight excluding hydrogens is 438 g/mol. The smallest absolute Gasteiger partial charge is 0.251 e. The third-order valence-corrected chi connectivity index (χ3v) is 7.64. The van der Waals surface area contributed by atoms with E-state index >= 15 is 0 Å². The summed E-state index contributed by atoms with van der Waals surface area (Å²) in [6.45, 7) is 2.83. The molecule has 0 radical (unpaired) electrons. The molecule has 3 aliphatic rings. The van der Waals surface area contributed by atoms with Crippen LogP contribution in [0.4, 0.5) is 5.69 Å². The number of ether oxygens (including phenoxy) is 1. The molecule has 2 N–H and O–H groups in total. The SMILES string of the molecule is O=C(N[C@H](c1ccccn1)C1CC1)c1ccc2[nH]nc(-c3ccc(N4CC5(CCO5)C4)cc3)c2c1. The van der Waals surface area contributed by atoms with E-state index < -0.39 is 0 Å². The number of hydrogen-bond acceptors (Lipinski definition) is 5. The van der Waals surface area contributed by atoms with Gasteiger partial charge < -0.3 is 15.0 Å². The van der Waals surface area contributed by atoms with E-state index in [-0.39, 0.29) is 17.6 Å². The van der Waals surface area contributed by atoms with Crippen LogP contribution >= 0.6 is 0 Å². The number of rotatable bonds is 6. The lowest BCUT2D eigenvalue weighted by molar-refractivity contribution is -0.160. The van der Waals surface area contributed by atoms with Gasteiger partial charge >= 0.3 is 0 Å². The van der Waals surface area contributed by atoms with Crippen LogP contribution in [0.2, 0.25) is 0 Å². The van der Waals surface area contributed by atoms with Crippen molar-refractivity contribution in [3.63, 3.8) is 0 Å². The monoisotopic (exact) mass is 465 g/mol. The Morgan fingerprint density at radius 1 is 1.11 bits per heavy atom. The summed E-state index contributed by atoms with van der Waals surface area (Å²) in [5, 5.41) is 11.9. The molecule has 4 aromatic rings. The van der Waals surface area contributed by atoms with Gasteiger partial charge in [0.15, 0.2) is 0 Å². The third kappa shape index (κ3) is 3.67. The van der Waals surface area contributed by atoms with Crippen molar-refractivity contribution in [1.82, 2.24) is 20.5 Å². The molecule has 7 heteroatoms. The van der Waals surface area contributed by atoms with Crippen LogP contribution in [0.1, 0.15) is 41.4 Å². The molecule has 1 atom stereocenters. The molecular formula is C28H27N5O2. The summed E-state index contributed by atoms with van der Waals surface area (Å²) in [7, 11) is 0. The Bertz CT molecular complexity index is 1380. The minimum absolute atomic E-state index is 0.0539. The number of nitrogens with one attached hydrogen (secondary N) is 2. The molecule has 35 heavy (non-hydrogen) atoms. The second kappa shape index (κ2) is 7.92. The number of H-pyrrole nitrogens is 1. The molecule has 2 aliphatic heterocycles. The number of nitrogens with zero attached hydrogens (tertiary/aromatic N) is 3. The maximum Gasteiger partial charge on any atom is 0.251 e. The third-order valence-electron chi connectivity index (χ3n) is 7.64. The molecule has 1 spiro atoms. The summed E-state index contributed by atoms with van der Waals surface area (Å²) in [5.74, 6) is 0.375. The number of pyridine rings is 1. The summed E-state index contributed by atoms with van der Waals surface area (Å²) < 4.78 is 5.74. The maximum absolute atomic E-state index is 13.2. The molecule has 3 fully saturated rings. The van der Waals surface area contributed by atoms with Gasteiger partial charge in [0.05, 0.1) is 29.6 Å². The fourth-order valence-electron chi connectivity index (χ4n) is 5.32. The molecule has 1 aliphatic carbocycles. The number of hydrogen-bond donors (Lipinski definition) is 2. The summed E-state index contributed by atoms with van der Waals surface area (Å²) in [5.41, 5.74) is 5.66. The lowest BCUT2D eigenvalue weighted by Gasteiger charge is -2.56. The number of amides is 1. The molecule has 7 rings (SSSR count). The lowest BCUT2D eigenvalue weighted by atomic mass is 9.86. The summed E-state index contributed by atoms with van der Waals surface area (Å²) in [4.78, 5) is 20.1. The first-order valence-corrected chi connectivity index (χ1v) is 12.4. The first-order valence-electron chi connectivity index (χ1n) is 12.4. The normalized spacial score (nSPS) is 19.3. The van der Waals surface area contributed by atoms with Crippen LogP contribution in [-0.2, 0) is 4.74 Å². The summed E-state index contributed by atoms with van der Waals surface area (Å²) in [6.07, 6.45) is 5.19. The van der Waals surface area contributed by atoms with Crippen LogP contribution in [0.3, 0.4) is 0 Å². The van der Waals surface area contributed by atoms with Gasteiger partial charge in [-0.05, 0) is 61.2 Å². The van der Waals surface area contributed by atoms with Gasteiger partial charge in [0.1, 0.15) is 5.60 Å². The number of benzene rings is 2. The largest absolute Gasteiger partial charge is 0.371 e. The van der Waals surface area contributed by atoms with Gasteiger partial charge in [0.25, 0.3) is 5.91 Å². The Balaban J connectivity index is 1.12. The van der Waals surface area contributed by atoms with Crippen molar-refractivity contribution < 1.29 is 9.53 Å². The van der Waals surface area contributed by atoms with Crippen LogP contribution in [0.25, 0.3) is 22.2 Å². The minimum Gasteiger partial charge on any atom is -0.371 e. The predicted molar refractivity (Wildman–Crippen MR) is 134 cm³/mol. The molecule has 1 saturated carbocycles. The molecule has 0 unspecified atom stereocenters. The van der Waals surface area contributed by atoms with Crippen LogP contribution in [0, 0.1) is 5.92 Å². The van der Waals surface area contributed by atoms with Crippen LogP contribution in [-0.4, -0.2) is 46.4 Å². The molecule has 2 aromatic heterocycles. The van der Waals surface area contributed by atoms with E-state index in [4.69, 9.17) is 4.74 Å². The Morgan fingerprint density at radius 3 is 2.63 bits per heavy atom. The zero-order chi connectivity index (χ0) is 23.4. The number of carbonyl (C=O) groups excluding carboxylic acids is 1. The van der Waals surface area contributed by atoms with Crippen LogP contribution < -0.4 is 10.2 Å². The Hall–Kier alpha value is -3.71. The Morgan fingerprint density at radius 2 is 1.94 bits per heavy atom. The first-order chi connectivity index (χ1) is 17.2. The fraction of sp³-hybridized carbons (Fsp3) is 0.321. The van der Waals surface area contributed by atoms with E-state index in [9.17, 15) is 4.79 Å². The first kappa shape index (κ1) is 20.6. The maximum atomic E-state index is 13.2. The van der Waals surface area contributed by atoms with E-state index in [0.717, 1.165) is 60.4 Å². The van der Waals surface area contributed by atoms with Crippen molar-refractivity contribution >= 4 is 22.5 Å². The molecule has 4 heterocycles. The average Bonchev–Trinajstić information content (AvgIpc) is 3.60. The summed E-state index contributed by atoms with van der Waals surface area (Å²) in [6, 6.07) is 20.0. The topological polar surface area (TPSA) is 83.1 Å². The number of fused-ring (bicyclic) bond motifs is 1. The van der Waals surface area contributed by atoms with Gasteiger partial charge in [-0.2, -0.15) is 5.10 Å². The molecule has 2 aromatic carbocycles. The number of aromatic amines is 1. The lowest BCUT2D eigenvalue weighted by Crippen LogP contribution is -2.68. The van der Waals surface area contributed by atoms with E-state index in [1.807, 2.05) is 36.4 Å². The van der Waals surface area contributed by atoms with Crippen molar-refractivity contribution in [3.05, 3.63) is 78.1 Å². The molecule has 1 amide bonds. The van der Waals surface area contributed by atoms with Crippen molar-refractivity contribution in [2.75, 3.05) is 24.6 Å². The second-order valence-corrected chi connectivity index (χ2v) is 10.1. The highest BCUT2D eigenvalue weighted by Crippen LogP contribution is 2.41. The van der Waals surface area contributed by atoms with Crippen molar-refractivity contribution in [3.8, 4) is 11.3 Å². The van der Waals surface area contributed by atoms with Crippen molar-refractivity contribution in [2.24, 2.45) is 5.92 Å². The Labute approximate surface area is 203 Å². The zero-order valence-electron chi connectivity index (χ0n) is 19.4. The van der Waals surface area contributed by atoms with E-state index in [0.29, 0.717) is 11.5 Å². The van der Waals surface area contributed by atoms with Crippen LogP contribution in [0.15, 0.2) is 66.9 Å². The van der Waals surface area contributed by atoms with Crippen molar-refractivity contribution in [2.45, 2.75) is 30.9 Å². The predicted octanol–water partition coefficient (Wildman–Crippen LogP) is 4.49. The quantitative estimate of drug-likeness (QED) is 0.439. The van der Waals surface area contributed by atoms with Gasteiger partial charge in [-0.1, -0.05) is 18.2 Å². The summed E-state index contributed by atoms with van der Waals surface area (Å²) >= 11 is 0. The number of aromatic nitrogens is 3. The van der Waals surface area contributed by atoms with Gasteiger partial charge in [-0.3, -0.25) is 14.9 Å².